The van der Waals surface area contributed by atoms with Crippen LogP contribution in [0, 0.1) is 5.92 Å². The van der Waals surface area contributed by atoms with Crippen LogP contribution in [0.3, 0.4) is 0 Å². The molecule has 0 saturated carbocycles. The summed E-state index contributed by atoms with van der Waals surface area (Å²) in [4.78, 5) is 5.33. The first-order chi connectivity index (χ1) is 9.52. The predicted octanol–water partition coefficient (Wildman–Crippen LogP) is 3.35. The van der Waals surface area contributed by atoms with Gasteiger partial charge in [-0.1, -0.05) is 13.8 Å². The van der Waals surface area contributed by atoms with E-state index in [2.05, 4.69) is 50.0 Å². The Morgan fingerprint density at radius 3 is 2.50 bits per heavy atom. The highest BCUT2D eigenvalue weighted by molar-refractivity contribution is 7.11. The molecule has 3 nitrogen and oxygen atoms in total. The quantitative estimate of drug-likeness (QED) is 0.717. The van der Waals surface area contributed by atoms with Crippen LogP contribution in [0.5, 0.6) is 0 Å². The number of thiophene rings is 1. The van der Waals surface area contributed by atoms with Crippen LogP contribution in [-0.2, 0) is 17.8 Å². The van der Waals surface area contributed by atoms with Crippen molar-refractivity contribution in [3.63, 3.8) is 0 Å². The first kappa shape index (κ1) is 17.6. The third-order valence-corrected chi connectivity index (χ3v) is 4.31. The van der Waals surface area contributed by atoms with Crippen molar-refractivity contribution in [1.29, 1.82) is 0 Å². The molecular formula is C16H30N2OS. The number of hydrogen-bond acceptors (Lipinski definition) is 4. The standard InChI is InChI=1S/C16H30N2OS/c1-13(2)10-17-11-15-6-7-16(20-15)12-18(14(3)4)8-9-19-5/h6-7,13-14,17H,8-12H2,1-5H3. The predicted molar refractivity (Wildman–Crippen MR) is 88.3 cm³/mol. The second-order valence-corrected chi connectivity index (χ2v) is 7.20. The van der Waals surface area contributed by atoms with Crippen molar-refractivity contribution in [1.82, 2.24) is 10.2 Å². The summed E-state index contributed by atoms with van der Waals surface area (Å²) in [5.74, 6) is 0.708. The molecule has 0 aromatic carbocycles. The van der Waals surface area contributed by atoms with Gasteiger partial charge in [0.2, 0.25) is 0 Å². The van der Waals surface area contributed by atoms with Gasteiger partial charge in [-0.15, -0.1) is 11.3 Å². The highest BCUT2D eigenvalue weighted by Gasteiger charge is 2.11. The van der Waals surface area contributed by atoms with E-state index in [1.807, 2.05) is 11.3 Å². The molecule has 0 unspecified atom stereocenters. The average Bonchev–Trinajstić information content (AvgIpc) is 2.81. The molecule has 0 bridgehead atoms. The zero-order valence-corrected chi connectivity index (χ0v) is 14.4. The van der Waals surface area contributed by atoms with Gasteiger partial charge in [0, 0.05) is 42.5 Å². The van der Waals surface area contributed by atoms with Crippen LogP contribution in [0.4, 0.5) is 0 Å². The fourth-order valence-electron chi connectivity index (χ4n) is 2.01. The Labute approximate surface area is 128 Å². The third-order valence-electron chi connectivity index (χ3n) is 3.24. The SMILES string of the molecule is COCCN(Cc1ccc(CNCC(C)C)s1)C(C)C. The van der Waals surface area contributed by atoms with E-state index in [1.165, 1.54) is 9.75 Å². The number of nitrogens with one attached hydrogen (secondary N) is 1. The molecule has 0 atom stereocenters. The Hall–Kier alpha value is -0.420. The highest BCUT2D eigenvalue weighted by Crippen LogP contribution is 2.19. The Bertz CT molecular complexity index is 363. The van der Waals surface area contributed by atoms with Gasteiger partial charge in [-0.05, 0) is 38.4 Å². The number of rotatable bonds is 10. The topological polar surface area (TPSA) is 24.5 Å². The average molecular weight is 298 g/mol. The van der Waals surface area contributed by atoms with Crippen LogP contribution >= 0.6 is 11.3 Å². The summed E-state index contributed by atoms with van der Waals surface area (Å²) in [6.45, 7) is 13.9. The minimum absolute atomic E-state index is 0.551. The molecule has 1 heterocycles. The zero-order valence-electron chi connectivity index (χ0n) is 13.6. The van der Waals surface area contributed by atoms with E-state index in [0.717, 1.165) is 32.8 Å². The molecule has 0 aliphatic heterocycles. The minimum Gasteiger partial charge on any atom is -0.383 e. The van der Waals surface area contributed by atoms with Gasteiger partial charge in [0.25, 0.3) is 0 Å². The number of methoxy groups -OCH3 is 1. The van der Waals surface area contributed by atoms with E-state index in [9.17, 15) is 0 Å². The minimum atomic E-state index is 0.551. The van der Waals surface area contributed by atoms with Crippen LogP contribution in [0.25, 0.3) is 0 Å². The molecule has 1 aromatic heterocycles. The van der Waals surface area contributed by atoms with E-state index in [-0.39, 0.29) is 0 Å². The third kappa shape index (κ3) is 6.84. The first-order valence-electron chi connectivity index (χ1n) is 7.54. The Morgan fingerprint density at radius 1 is 1.20 bits per heavy atom. The van der Waals surface area contributed by atoms with Crippen LogP contribution in [0.2, 0.25) is 0 Å². The molecule has 0 amide bonds. The lowest BCUT2D eigenvalue weighted by Crippen LogP contribution is -2.32. The summed E-state index contributed by atoms with van der Waals surface area (Å²) in [7, 11) is 1.77. The molecule has 20 heavy (non-hydrogen) atoms. The molecule has 0 radical (unpaired) electrons. The monoisotopic (exact) mass is 298 g/mol. The lowest BCUT2D eigenvalue weighted by atomic mass is 10.2. The van der Waals surface area contributed by atoms with Crippen LogP contribution in [0.1, 0.15) is 37.4 Å². The maximum Gasteiger partial charge on any atom is 0.0589 e. The molecule has 0 spiro atoms. The Kier molecular flexibility index (Phi) is 8.38. The van der Waals surface area contributed by atoms with Crippen molar-refractivity contribution < 1.29 is 4.74 Å². The van der Waals surface area contributed by atoms with E-state index in [4.69, 9.17) is 4.74 Å². The maximum atomic E-state index is 5.19. The van der Waals surface area contributed by atoms with Crippen molar-refractivity contribution in [3.8, 4) is 0 Å². The second kappa shape index (κ2) is 9.50. The van der Waals surface area contributed by atoms with Gasteiger partial charge < -0.3 is 10.1 Å². The van der Waals surface area contributed by atoms with Crippen molar-refractivity contribution in [2.45, 2.75) is 46.8 Å². The summed E-state index contributed by atoms with van der Waals surface area (Å²) >= 11 is 1.92. The van der Waals surface area contributed by atoms with Crippen LogP contribution in [-0.4, -0.2) is 37.7 Å². The van der Waals surface area contributed by atoms with E-state index in [0.29, 0.717) is 12.0 Å². The summed E-state index contributed by atoms with van der Waals surface area (Å²) in [5, 5.41) is 3.50. The van der Waals surface area contributed by atoms with Gasteiger partial charge in [-0.3, -0.25) is 4.90 Å². The molecule has 1 aromatic rings. The normalized spacial score (nSPS) is 12.0. The highest BCUT2D eigenvalue weighted by atomic mass is 32.1. The summed E-state index contributed by atoms with van der Waals surface area (Å²) in [6, 6.07) is 5.07. The molecular weight excluding hydrogens is 268 g/mol. The fourth-order valence-corrected chi connectivity index (χ4v) is 3.03. The van der Waals surface area contributed by atoms with Gasteiger partial charge in [0.15, 0.2) is 0 Å². The number of nitrogens with zero attached hydrogens (tertiary/aromatic N) is 1. The molecule has 4 heteroatoms. The summed E-state index contributed by atoms with van der Waals surface area (Å²) in [6.07, 6.45) is 0. The molecule has 116 valence electrons. The molecule has 1 rings (SSSR count). The van der Waals surface area contributed by atoms with Crippen LogP contribution in [0.15, 0.2) is 12.1 Å². The van der Waals surface area contributed by atoms with Gasteiger partial charge in [-0.25, -0.2) is 0 Å². The van der Waals surface area contributed by atoms with E-state index in [1.54, 1.807) is 7.11 Å². The number of hydrogen-bond donors (Lipinski definition) is 1. The summed E-state index contributed by atoms with van der Waals surface area (Å²) in [5.41, 5.74) is 0. The van der Waals surface area contributed by atoms with Crippen molar-refractivity contribution in [2.75, 3.05) is 26.8 Å². The largest absolute Gasteiger partial charge is 0.383 e. The Balaban J connectivity index is 2.44. The lowest BCUT2D eigenvalue weighted by Gasteiger charge is -2.25. The van der Waals surface area contributed by atoms with Gasteiger partial charge in [-0.2, -0.15) is 0 Å². The Morgan fingerprint density at radius 2 is 1.90 bits per heavy atom. The molecule has 1 N–H and O–H groups in total. The van der Waals surface area contributed by atoms with E-state index < -0.39 is 0 Å². The molecule has 0 saturated heterocycles. The van der Waals surface area contributed by atoms with Crippen LogP contribution < -0.4 is 5.32 Å². The summed E-state index contributed by atoms with van der Waals surface area (Å²) < 4.78 is 5.19. The van der Waals surface area contributed by atoms with Gasteiger partial charge >= 0.3 is 0 Å². The smallest absolute Gasteiger partial charge is 0.0589 e. The molecule has 0 aliphatic rings. The van der Waals surface area contributed by atoms with Crippen molar-refractivity contribution >= 4 is 11.3 Å². The maximum absolute atomic E-state index is 5.19. The van der Waals surface area contributed by atoms with Crippen molar-refractivity contribution in [2.24, 2.45) is 5.92 Å². The molecule has 0 fully saturated rings. The van der Waals surface area contributed by atoms with Crippen molar-refractivity contribution in [3.05, 3.63) is 21.9 Å². The second-order valence-electron chi connectivity index (χ2n) is 5.95. The van der Waals surface area contributed by atoms with Gasteiger partial charge in [0.1, 0.15) is 0 Å². The molecule has 0 aliphatic carbocycles. The number of ether oxygens (including phenoxy) is 1. The zero-order chi connectivity index (χ0) is 15.0. The fraction of sp³-hybridized carbons (Fsp3) is 0.750. The first-order valence-corrected chi connectivity index (χ1v) is 8.35. The van der Waals surface area contributed by atoms with E-state index >= 15 is 0 Å². The lowest BCUT2D eigenvalue weighted by molar-refractivity contribution is 0.125. The van der Waals surface area contributed by atoms with Gasteiger partial charge in [0.05, 0.1) is 6.61 Å².